The first-order chi connectivity index (χ1) is 5.81. The van der Waals surface area contributed by atoms with Crippen molar-refractivity contribution in [1.82, 2.24) is 0 Å². The van der Waals surface area contributed by atoms with Gasteiger partial charge in [0.15, 0.2) is 5.78 Å². The van der Waals surface area contributed by atoms with Crippen LogP contribution in [-0.4, -0.2) is 5.78 Å². The number of carbonyl (C=O) groups is 1. The summed E-state index contributed by atoms with van der Waals surface area (Å²) in [6.45, 7) is 5.59. The molecule has 1 heteroatoms. The predicted octanol–water partition coefficient (Wildman–Crippen LogP) is 3.27. The largest absolute Gasteiger partial charge is 0.295 e. The fourth-order valence-electron chi connectivity index (χ4n) is 0.913. The minimum atomic E-state index is 0.0988. The fraction of sp³-hybridized carbons (Fsp3) is 0.545. The molecule has 0 aromatic carbocycles. The Hall–Kier alpha value is -0.850. The van der Waals surface area contributed by atoms with Crippen LogP contribution in [-0.2, 0) is 4.79 Å². The quantitative estimate of drug-likeness (QED) is 0.322. The summed E-state index contributed by atoms with van der Waals surface area (Å²) in [4.78, 5) is 10.7. The molecular weight excluding hydrogens is 148 g/mol. The van der Waals surface area contributed by atoms with Gasteiger partial charge >= 0.3 is 0 Å². The minimum absolute atomic E-state index is 0.0988. The van der Waals surface area contributed by atoms with Crippen molar-refractivity contribution in [1.29, 1.82) is 0 Å². The van der Waals surface area contributed by atoms with Crippen LogP contribution in [0.1, 0.15) is 39.0 Å². The standard InChI is InChI=1S/C11H18O/c1-3-5-6-7-8-9-10-11(12)4-2/h4,8-9H,2-3,5-7,10H2,1H3/b9-8+. The molecule has 0 amide bonds. The summed E-state index contributed by atoms with van der Waals surface area (Å²) in [6, 6.07) is 0. The van der Waals surface area contributed by atoms with Crippen LogP contribution >= 0.6 is 0 Å². The van der Waals surface area contributed by atoms with Crippen molar-refractivity contribution in [2.45, 2.75) is 39.0 Å². The van der Waals surface area contributed by atoms with Gasteiger partial charge < -0.3 is 0 Å². The molecule has 0 aromatic heterocycles. The predicted molar refractivity (Wildman–Crippen MR) is 53.1 cm³/mol. The van der Waals surface area contributed by atoms with E-state index in [1.165, 1.54) is 25.3 Å². The van der Waals surface area contributed by atoms with E-state index in [9.17, 15) is 4.79 Å². The monoisotopic (exact) mass is 166 g/mol. The number of rotatable bonds is 7. The molecule has 0 bridgehead atoms. The van der Waals surface area contributed by atoms with Crippen LogP contribution in [0.4, 0.5) is 0 Å². The highest BCUT2D eigenvalue weighted by molar-refractivity contribution is 5.90. The fourth-order valence-corrected chi connectivity index (χ4v) is 0.913. The van der Waals surface area contributed by atoms with Gasteiger partial charge in [-0.2, -0.15) is 0 Å². The molecule has 0 aliphatic heterocycles. The highest BCUT2D eigenvalue weighted by atomic mass is 16.1. The highest BCUT2D eigenvalue weighted by Gasteiger charge is 1.88. The van der Waals surface area contributed by atoms with Crippen LogP contribution in [0.25, 0.3) is 0 Å². The first-order valence-corrected chi connectivity index (χ1v) is 4.61. The maximum Gasteiger partial charge on any atom is 0.158 e. The minimum Gasteiger partial charge on any atom is -0.295 e. The molecular formula is C11H18O. The van der Waals surface area contributed by atoms with Gasteiger partial charge in [0, 0.05) is 6.42 Å². The van der Waals surface area contributed by atoms with E-state index >= 15 is 0 Å². The molecule has 0 radical (unpaired) electrons. The number of allylic oxidation sites excluding steroid dienone is 3. The summed E-state index contributed by atoms with van der Waals surface area (Å²) in [5.74, 6) is 0.0988. The van der Waals surface area contributed by atoms with E-state index in [2.05, 4.69) is 19.6 Å². The third kappa shape index (κ3) is 7.26. The average molecular weight is 166 g/mol. The molecule has 68 valence electrons. The Balaban J connectivity index is 3.25. The molecule has 0 N–H and O–H groups in total. The second-order valence-electron chi connectivity index (χ2n) is 2.84. The van der Waals surface area contributed by atoms with Crippen LogP contribution in [0.2, 0.25) is 0 Å². The van der Waals surface area contributed by atoms with Crippen molar-refractivity contribution in [3.05, 3.63) is 24.8 Å². The molecule has 0 aliphatic rings. The number of hydrogen-bond acceptors (Lipinski definition) is 1. The summed E-state index contributed by atoms with van der Waals surface area (Å²) in [5, 5.41) is 0. The van der Waals surface area contributed by atoms with Gasteiger partial charge in [-0.3, -0.25) is 4.79 Å². The molecule has 0 aromatic rings. The van der Waals surface area contributed by atoms with Gasteiger partial charge in [0.1, 0.15) is 0 Å². The van der Waals surface area contributed by atoms with E-state index in [0.29, 0.717) is 6.42 Å². The molecule has 0 aliphatic carbocycles. The van der Waals surface area contributed by atoms with Gasteiger partial charge in [-0.15, -0.1) is 0 Å². The van der Waals surface area contributed by atoms with Crippen LogP contribution in [0.3, 0.4) is 0 Å². The van der Waals surface area contributed by atoms with Crippen LogP contribution < -0.4 is 0 Å². The van der Waals surface area contributed by atoms with Gasteiger partial charge in [-0.05, 0) is 18.9 Å². The van der Waals surface area contributed by atoms with Gasteiger partial charge in [0.05, 0.1) is 0 Å². The molecule has 0 unspecified atom stereocenters. The van der Waals surface area contributed by atoms with Crippen molar-refractivity contribution in [3.8, 4) is 0 Å². The van der Waals surface area contributed by atoms with Gasteiger partial charge in [0.2, 0.25) is 0 Å². The van der Waals surface area contributed by atoms with Gasteiger partial charge in [-0.1, -0.05) is 38.5 Å². The lowest BCUT2D eigenvalue weighted by molar-refractivity contribution is -0.113. The number of ketones is 1. The van der Waals surface area contributed by atoms with Gasteiger partial charge in [-0.25, -0.2) is 0 Å². The second-order valence-corrected chi connectivity index (χ2v) is 2.84. The summed E-state index contributed by atoms with van der Waals surface area (Å²) >= 11 is 0. The Labute approximate surface area is 75.2 Å². The van der Waals surface area contributed by atoms with E-state index in [1.54, 1.807) is 0 Å². The zero-order valence-corrected chi connectivity index (χ0v) is 7.88. The molecule has 1 nitrogen and oxygen atoms in total. The zero-order chi connectivity index (χ0) is 9.23. The molecule has 0 saturated heterocycles. The van der Waals surface area contributed by atoms with Crippen molar-refractivity contribution >= 4 is 5.78 Å². The van der Waals surface area contributed by atoms with Crippen molar-refractivity contribution in [2.24, 2.45) is 0 Å². The third-order valence-electron chi connectivity index (χ3n) is 1.69. The summed E-state index contributed by atoms with van der Waals surface area (Å²) in [6.07, 6.45) is 10.7. The van der Waals surface area contributed by atoms with Gasteiger partial charge in [0.25, 0.3) is 0 Å². The molecule has 12 heavy (non-hydrogen) atoms. The molecule has 0 spiro atoms. The summed E-state index contributed by atoms with van der Waals surface area (Å²) in [5.41, 5.74) is 0. The van der Waals surface area contributed by atoms with Crippen LogP contribution in [0.15, 0.2) is 24.8 Å². The van der Waals surface area contributed by atoms with E-state index in [4.69, 9.17) is 0 Å². The smallest absolute Gasteiger partial charge is 0.158 e. The van der Waals surface area contributed by atoms with E-state index in [-0.39, 0.29) is 5.78 Å². The van der Waals surface area contributed by atoms with Crippen molar-refractivity contribution in [2.75, 3.05) is 0 Å². The zero-order valence-electron chi connectivity index (χ0n) is 7.88. The lowest BCUT2D eigenvalue weighted by Gasteiger charge is -1.91. The molecule has 0 rings (SSSR count). The Kier molecular flexibility index (Phi) is 7.66. The number of carbonyl (C=O) groups excluding carboxylic acids is 1. The third-order valence-corrected chi connectivity index (χ3v) is 1.69. The second kappa shape index (κ2) is 8.25. The topological polar surface area (TPSA) is 17.1 Å². The Morgan fingerprint density at radius 1 is 1.33 bits per heavy atom. The molecule has 0 atom stereocenters. The Morgan fingerprint density at radius 2 is 2.08 bits per heavy atom. The maximum atomic E-state index is 10.7. The number of unbranched alkanes of at least 4 members (excludes halogenated alkanes) is 3. The highest BCUT2D eigenvalue weighted by Crippen LogP contribution is 2.00. The number of hydrogen-bond donors (Lipinski definition) is 0. The Bertz CT molecular complexity index is 156. The average Bonchev–Trinajstić information content (AvgIpc) is 2.10. The SMILES string of the molecule is C=CC(=O)C/C=C/CCCCC. The Morgan fingerprint density at radius 3 is 2.67 bits per heavy atom. The first kappa shape index (κ1) is 11.2. The summed E-state index contributed by atoms with van der Waals surface area (Å²) in [7, 11) is 0. The lowest BCUT2D eigenvalue weighted by Crippen LogP contribution is -1.86. The van der Waals surface area contributed by atoms with Crippen molar-refractivity contribution in [3.63, 3.8) is 0 Å². The van der Waals surface area contributed by atoms with E-state index in [1.807, 2.05) is 6.08 Å². The molecule has 0 heterocycles. The van der Waals surface area contributed by atoms with Crippen LogP contribution in [0, 0.1) is 0 Å². The first-order valence-electron chi connectivity index (χ1n) is 4.61. The normalized spacial score (nSPS) is 10.4. The van der Waals surface area contributed by atoms with E-state index in [0.717, 1.165) is 6.42 Å². The molecule has 0 fully saturated rings. The van der Waals surface area contributed by atoms with Crippen molar-refractivity contribution < 1.29 is 4.79 Å². The van der Waals surface area contributed by atoms with E-state index < -0.39 is 0 Å². The summed E-state index contributed by atoms with van der Waals surface area (Å²) < 4.78 is 0. The maximum absolute atomic E-state index is 10.7. The lowest BCUT2D eigenvalue weighted by atomic mass is 10.2. The van der Waals surface area contributed by atoms with Crippen LogP contribution in [0.5, 0.6) is 0 Å². The molecule has 0 saturated carbocycles.